The van der Waals surface area contributed by atoms with Crippen LogP contribution in [0.5, 0.6) is 5.75 Å². The summed E-state index contributed by atoms with van der Waals surface area (Å²) in [6.07, 6.45) is -1.50. The van der Waals surface area contributed by atoms with Gasteiger partial charge < -0.3 is 19.9 Å². The molecule has 0 saturated carbocycles. The number of amides is 2. The third kappa shape index (κ3) is 7.28. The Morgan fingerprint density at radius 3 is 2.54 bits per heavy atom. The highest BCUT2D eigenvalue weighted by molar-refractivity contribution is 6.32. The van der Waals surface area contributed by atoms with Gasteiger partial charge in [-0.3, -0.25) is 9.59 Å². The van der Waals surface area contributed by atoms with Crippen LogP contribution in [0.15, 0.2) is 36.4 Å². The van der Waals surface area contributed by atoms with E-state index in [0.717, 1.165) is 32.4 Å². The van der Waals surface area contributed by atoms with Crippen molar-refractivity contribution in [3.05, 3.63) is 52.7 Å². The molecule has 1 unspecified atom stereocenters. The number of carbonyl (C=O) groups is 2. The lowest BCUT2D eigenvalue weighted by atomic mass is 9.92. The van der Waals surface area contributed by atoms with Gasteiger partial charge >= 0.3 is 6.18 Å². The van der Waals surface area contributed by atoms with Gasteiger partial charge in [0, 0.05) is 33.7 Å². The molecule has 0 spiro atoms. The van der Waals surface area contributed by atoms with Crippen LogP contribution in [0.2, 0.25) is 5.15 Å². The zero-order valence-corrected chi connectivity index (χ0v) is 21.9. The molecule has 1 aliphatic heterocycles. The smallest absolute Gasteiger partial charge is 0.404 e. The fourth-order valence-corrected chi connectivity index (χ4v) is 4.83. The molecule has 2 amide bonds. The number of alkyl halides is 3. The minimum Gasteiger partial charge on any atom is -0.497 e. The van der Waals surface area contributed by atoms with Gasteiger partial charge in [0.15, 0.2) is 5.92 Å². The molecule has 2 aromatic rings. The first-order valence-corrected chi connectivity index (χ1v) is 12.5. The number of aromatic nitrogens is 1. The van der Waals surface area contributed by atoms with Crippen molar-refractivity contribution in [2.45, 2.75) is 37.8 Å². The Balaban J connectivity index is 1.51. The monoisotopic (exact) mass is 540 g/mol. The zero-order chi connectivity index (χ0) is 27.2. The normalized spacial score (nSPS) is 15.3. The number of carbonyl (C=O) groups excluding carboxylic acids is 2. The molecule has 1 N–H and O–H groups in total. The number of methoxy groups -OCH3 is 1. The first-order chi connectivity index (χ1) is 17.5. The van der Waals surface area contributed by atoms with Crippen molar-refractivity contribution in [3.63, 3.8) is 0 Å². The summed E-state index contributed by atoms with van der Waals surface area (Å²) in [6.45, 7) is 1.76. The van der Waals surface area contributed by atoms with Crippen LogP contribution in [0.25, 0.3) is 0 Å². The van der Waals surface area contributed by atoms with E-state index in [2.05, 4.69) is 15.2 Å². The van der Waals surface area contributed by atoms with E-state index >= 15 is 0 Å². The Morgan fingerprint density at radius 2 is 1.95 bits per heavy atom. The van der Waals surface area contributed by atoms with Crippen molar-refractivity contribution in [3.8, 4) is 5.75 Å². The van der Waals surface area contributed by atoms with Crippen molar-refractivity contribution in [1.29, 1.82) is 0 Å². The van der Waals surface area contributed by atoms with E-state index in [1.807, 2.05) is 0 Å². The number of hydrogen-bond donors (Lipinski definition) is 1. The first kappa shape index (κ1) is 28.6. The van der Waals surface area contributed by atoms with Crippen LogP contribution in [0.4, 0.5) is 19.0 Å². The summed E-state index contributed by atoms with van der Waals surface area (Å²) in [6, 6.07) is 8.98. The second-order valence-electron chi connectivity index (χ2n) is 9.17. The van der Waals surface area contributed by atoms with Crippen LogP contribution in [0.3, 0.4) is 0 Å². The number of ether oxygens (including phenoxy) is 1. The second kappa shape index (κ2) is 12.5. The number of nitrogens with zero attached hydrogens (tertiary/aromatic N) is 3. The fraction of sp³-hybridized carbons (Fsp3) is 0.500. The van der Waals surface area contributed by atoms with Crippen LogP contribution < -0.4 is 15.0 Å². The molecular weight excluding hydrogens is 509 g/mol. The average Bonchev–Trinajstić information content (AvgIpc) is 2.87. The predicted molar refractivity (Wildman–Crippen MR) is 136 cm³/mol. The molecular formula is C26H32ClF3N4O3. The maximum absolute atomic E-state index is 13.8. The lowest BCUT2D eigenvalue weighted by Crippen LogP contribution is -2.39. The minimum absolute atomic E-state index is 0.131. The Morgan fingerprint density at radius 1 is 1.24 bits per heavy atom. The lowest BCUT2D eigenvalue weighted by Gasteiger charge is -2.33. The van der Waals surface area contributed by atoms with E-state index in [4.69, 9.17) is 16.3 Å². The highest BCUT2D eigenvalue weighted by Gasteiger charge is 2.47. The molecule has 2 heterocycles. The Labute approximate surface area is 219 Å². The maximum Gasteiger partial charge on any atom is 0.404 e. The summed E-state index contributed by atoms with van der Waals surface area (Å²) in [5.41, 5.74) is 0.189. The number of likely N-dealkylation sites (N-methyl/N-ethyl adjacent to an activating group) is 1. The number of anilines is 1. The van der Waals surface area contributed by atoms with Gasteiger partial charge in [0.25, 0.3) is 5.91 Å². The third-order valence-electron chi connectivity index (χ3n) is 6.73. The Kier molecular flexibility index (Phi) is 9.64. The van der Waals surface area contributed by atoms with Gasteiger partial charge in [0.1, 0.15) is 16.7 Å². The van der Waals surface area contributed by atoms with Crippen molar-refractivity contribution >= 4 is 29.2 Å². The molecule has 7 nitrogen and oxygen atoms in total. The minimum atomic E-state index is -4.71. The molecule has 1 aromatic carbocycles. The standard InChI is InChI=1S/C26H32ClF3N4O3/c1-31-24(35)20-9-10-21(32-23(20)27)34-14-11-17(12-15-34)6-5-13-33(2)25(36)22(26(28,29)30)18-7-4-8-19(16-18)37-3/h4,7-10,16-17,22H,5-6,11-15H2,1-3H3,(H,31,35). The number of benzene rings is 1. The summed E-state index contributed by atoms with van der Waals surface area (Å²) in [5, 5.41) is 2.68. The van der Waals surface area contributed by atoms with Gasteiger partial charge in [-0.1, -0.05) is 23.7 Å². The number of halogens is 4. The summed E-state index contributed by atoms with van der Waals surface area (Å²) >= 11 is 6.17. The van der Waals surface area contributed by atoms with E-state index in [0.29, 0.717) is 23.7 Å². The van der Waals surface area contributed by atoms with Crippen molar-refractivity contribution in [2.24, 2.45) is 5.92 Å². The molecule has 202 valence electrons. The van der Waals surface area contributed by atoms with Crippen LogP contribution >= 0.6 is 11.6 Å². The quantitative estimate of drug-likeness (QED) is 0.458. The number of rotatable bonds is 9. The number of nitrogens with one attached hydrogen (secondary N) is 1. The number of piperidine rings is 1. The molecule has 37 heavy (non-hydrogen) atoms. The van der Waals surface area contributed by atoms with E-state index in [9.17, 15) is 22.8 Å². The highest BCUT2D eigenvalue weighted by Crippen LogP contribution is 2.37. The van der Waals surface area contributed by atoms with Gasteiger partial charge in [-0.25, -0.2) is 4.98 Å². The topological polar surface area (TPSA) is 74.8 Å². The summed E-state index contributed by atoms with van der Waals surface area (Å²) < 4.78 is 46.5. The molecule has 1 aliphatic rings. The SMILES string of the molecule is CNC(=O)c1ccc(N2CCC(CCCN(C)C(=O)C(c3cccc(OC)c3)C(F)(F)F)CC2)nc1Cl. The summed E-state index contributed by atoms with van der Waals surface area (Å²) in [4.78, 5) is 32.2. The molecule has 11 heteroatoms. The van der Waals surface area contributed by atoms with Crippen LogP contribution in [-0.2, 0) is 4.79 Å². The largest absolute Gasteiger partial charge is 0.497 e. The predicted octanol–water partition coefficient (Wildman–Crippen LogP) is 4.90. The zero-order valence-electron chi connectivity index (χ0n) is 21.1. The molecule has 0 aliphatic carbocycles. The van der Waals surface area contributed by atoms with E-state index in [1.54, 1.807) is 18.2 Å². The average molecular weight is 541 g/mol. The highest BCUT2D eigenvalue weighted by atomic mass is 35.5. The number of hydrogen-bond acceptors (Lipinski definition) is 5. The fourth-order valence-electron chi connectivity index (χ4n) is 4.60. The first-order valence-electron chi connectivity index (χ1n) is 12.1. The molecule has 1 fully saturated rings. The van der Waals surface area contributed by atoms with E-state index in [-0.39, 0.29) is 28.9 Å². The van der Waals surface area contributed by atoms with Gasteiger partial charge in [0.05, 0.1) is 12.7 Å². The molecule has 0 radical (unpaired) electrons. The van der Waals surface area contributed by atoms with Crippen molar-refractivity contribution in [2.75, 3.05) is 45.7 Å². The molecule has 3 rings (SSSR count). The van der Waals surface area contributed by atoms with Crippen LogP contribution in [-0.4, -0.2) is 68.7 Å². The summed E-state index contributed by atoms with van der Waals surface area (Å²) in [7, 11) is 4.32. The second-order valence-corrected chi connectivity index (χ2v) is 9.53. The van der Waals surface area contributed by atoms with Crippen molar-refractivity contribution in [1.82, 2.24) is 15.2 Å². The molecule has 1 atom stereocenters. The Bertz CT molecular complexity index is 1090. The number of pyridine rings is 1. The van der Waals surface area contributed by atoms with Crippen LogP contribution in [0, 0.1) is 5.92 Å². The van der Waals surface area contributed by atoms with Gasteiger partial charge in [-0.2, -0.15) is 13.2 Å². The molecule has 0 bridgehead atoms. The summed E-state index contributed by atoms with van der Waals surface area (Å²) in [5.74, 6) is -2.12. The van der Waals surface area contributed by atoms with E-state index in [1.165, 1.54) is 44.3 Å². The van der Waals surface area contributed by atoms with Gasteiger partial charge in [-0.15, -0.1) is 0 Å². The van der Waals surface area contributed by atoms with E-state index < -0.39 is 18.0 Å². The molecule has 1 aromatic heterocycles. The third-order valence-corrected chi connectivity index (χ3v) is 7.02. The van der Waals surface area contributed by atoms with Gasteiger partial charge in [-0.05, 0) is 61.4 Å². The lowest BCUT2D eigenvalue weighted by molar-refractivity contribution is -0.171. The van der Waals surface area contributed by atoms with Crippen LogP contribution in [0.1, 0.15) is 47.5 Å². The molecule has 1 saturated heterocycles. The van der Waals surface area contributed by atoms with Gasteiger partial charge in [0.2, 0.25) is 5.91 Å². The van der Waals surface area contributed by atoms with Crippen molar-refractivity contribution < 1.29 is 27.5 Å². The Hall–Kier alpha value is -3.01. The maximum atomic E-state index is 13.8.